The highest BCUT2D eigenvalue weighted by atomic mass is 16.6. The van der Waals surface area contributed by atoms with Gasteiger partial charge in [-0.05, 0) is 59.3 Å². The monoisotopic (exact) mass is 220 g/mol. The number of hydrogen-bond acceptors (Lipinski definition) is 1. The van der Waals surface area contributed by atoms with Gasteiger partial charge in [0.15, 0.2) is 0 Å². The Kier molecular flexibility index (Phi) is 3.25. The molecule has 0 N–H and O–H groups in total. The highest BCUT2D eigenvalue weighted by molar-refractivity contribution is 5.14. The third-order valence-corrected chi connectivity index (χ3v) is 4.13. The number of allylic oxidation sites excluding steroid dienone is 4. The van der Waals surface area contributed by atoms with E-state index in [4.69, 9.17) is 4.74 Å². The van der Waals surface area contributed by atoms with Crippen molar-refractivity contribution in [2.75, 3.05) is 0 Å². The smallest absolute Gasteiger partial charge is 0.0920 e. The van der Waals surface area contributed by atoms with Gasteiger partial charge in [-0.15, -0.1) is 0 Å². The summed E-state index contributed by atoms with van der Waals surface area (Å²) < 4.78 is 5.75. The molecule has 0 amide bonds. The van der Waals surface area contributed by atoms with Crippen LogP contribution in [0.15, 0.2) is 23.3 Å². The lowest BCUT2D eigenvalue weighted by Gasteiger charge is -2.23. The van der Waals surface area contributed by atoms with Gasteiger partial charge < -0.3 is 4.74 Å². The third-order valence-electron chi connectivity index (χ3n) is 4.13. The summed E-state index contributed by atoms with van der Waals surface area (Å²) in [5.74, 6) is 0.770. The van der Waals surface area contributed by atoms with Gasteiger partial charge in [-0.25, -0.2) is 0 Å². The summed E-state index contributed by atoms with van der Waals surface area (Å²) in [7, 11) is 0. The molecule has 0 aromatic rings. The number of hydrogen-bond donors (Lipinski definition) is 0. The van der Waals surface area contributed by atoms with Crippen LogP contribution in [0.3, 0.4) is 0 Å². The van der Waals surface area contributed by atoms with E-state index in [1.807, 2.05) is 0 Å². The summed E-state index contributed by atoms with van der Waals surface area (Å²) in [6, 6.07) is 0. The number of ether oxygens (including phenoxy) is 1. The second-order valence-electron chi connectivity index (χ2n) is 5.86. The van der Waals surface area contributed by atoms with Crippen LogP contribution in [-0.2, 0) is 4.74 Å². The van der Waals surface area contributed by atoms with E-state index in [2.05, 4.69) is 39.8 Å². The van der Waals surface area contributed by atoms with Crippen LogP contribution < -0.4 is 0 Å². The minimum atomic E-state index is 0.261. The summed E-state index contributed by atoms with van der Waals surface area (Å²) >= 11 is 0. The molecule has 0 unspecified atom stereocenters. The van der Waals surface area contributed by atoms with Crippen LogP contribution in [0, 0.1) is 5.92 Å². The van der Waals surface area contributed by atoms with Crippen LogP contribution >= 0.6 is 0 Å². The predicted octanol–water partition coefficient (Wildman–Crippen LogP) is 4.25. The molecular weight excluding hydrogens is 196 g/mol. The van der Waals surface area contributed by atoms with Crippen molar-refractivity contribution in [2.24, 2.45) is 5.92 Å². The fourth-order valence-electron chi connectivity index (χ4n) is 2.71. The number of epoxide rings is 1. The first kappa shape index (κ1) is 11.9. The van der Waals surface area contributed by atoms with Crippen molar-refractivity contribution in [3.05, 3.63) is 23.3 Å². The van der Waals surface area contributed by atoms with Crippen LogP contribution in [-0.4, -0.2) is 11.7 Å². The van der Waals surface area contributed by atoms with E-state index in [0.29, 0.717) is 6.10 Å². The summed E-state index contributed by atoms with van der Waals surface area (Å²) in [5.41, 5.74) is 3.23. The molecule has 0 aromatic heterocycles. The van der Waals surface area contributed by atoms with Crippen molar-refractivity contribution in [3.63, 3.8) is 0 Å². The molecule has 0 bridgehead atoms. The topological polar surface area (TPSA) is 12.5 Å². The lowest BCUT2D eigenvalue weighted by Crippen LogP contribution is -2.21. The summed E-state index contributed by atoms with van der Waals surface area (Å²) in [4.78, 5) is 0. The second kappa shape index (κ2) is 4.37. The van der Waals surface area contributed by atoms with Crippen LogP contribution in [0.5, 0.6) is 0 Å². The maximum Gasteiger partial charge on any atom is 0.0920 e. The lowest BCUT2D eigenvalue weighted by atomic mass is 9.79. The molecule has 1 heterocycles. The molecule has 0 aromatic carbocycles. The zero-order valence-corrected chi connectivity index (χ0v) is 11.0. The SMILES string of the molecule is CC(C)=CC/C=C(/C)[C@H]1CC[C@]2(C)O[C@@H]2C1. The van der Waals surface area contributed by atoms with E-state index in [1.165, 1.54) is 24.8 Å². The molecule has 1 saturated heterocycles. The molecule has 1 aliphatic heterocycles. The second-order valence-corrected chi connectivity index (χ2v) is 5.86. The third kappa shape index (κ3) is 2.57. The minimum absolute atomic E-state index is 0.261. The lowest BCUT2D eigenvalue weighted by molar-refractivity contribution is 0.303. The molecule has 3 atom stereocenters. The average molecular weight is 220 g/mol. The Morgan fingerprint density at radius 3 is 2.69 bits per heavy atom. The van der Waals surface area contributed by atoms with Crippen molar-refractivity contribution >= 4 is 0 Å². The number of rotatable bonds is 3. The van der Waals surface area contributed by atoms with Gasteiger partial charge >= 0.3 is 0 Å². The van der Waals surface area contributed by atoms with Crippen molar-refractivity contribution in [1.29, 1.82) is 0 Å². The Morgan fingerprint density at radius 2 is 2.06 bits per heavy atom. The summed E-state index contributed by atoms with van der Waals surface area (Å²) in [6.07, 6.45) is 10.1. The van der Waals surface area contributed by atoms with Crippen LogP contribution in [0.25, 0.3) is 0 Å². The van der Waals surface area contributed by atoms with Gasteiger partial charge in [0.05, 0.1) is 11.7 Å². The molecule has 1 nitrogen and oxygen atoms in total. The van der Waals surface area contributed by atoms with Crippen LogP contribution in [0.2, 0.25) is 0 Å². The highest BCUT2D eigenvalue weighted by Crippen LogP contribution is 2.50. The molecule has 1 saturated carbocycles. The molecule has 16 heavy (non-hydrogen) atoms. The first-order valence-electron chi connectivity index (χ1n) is 6.49. The molecule has 1 heteroatoms. The zero-order valence-electron chi connectivity index (χ0n) is 11.0. The van der Waals surface area contributed by atoms with Gasteiger partial charge in [0.25, 0.3) is 0 Å². The molecule has 1 aliphatic carbocycles. The van der Waals surface area contributed by atoms with Gasteiger partial charge in [-0.2, -0.15) is 0 Å². The maximum atomic E-state index is 5.75. The fourth-order valence-corrected chi connectivity index (χ4v) is 2.71. The van der Waals surface area contributed by atoms with Crippen LogP contribution in [0.1, 0.15) is 53.4 Å². The summed E-state index contributed by atoms with van der Waals surface area (Å²) in [5, 5.41) is 0. The first-order chi connectivity index (χ1) is 7.51. The molecule has 2 aliphatic rings. The molecule has 2 rings (SSSR count). The van der Waals surface area contributed by atoms with E-state index in [9.17, 15) is 0 Å². The van der Waals surface area contributed by atoms with Gasteiger partial charge in [-0.1, -0.05) is 23.3 Å². The van der Waals surface area contributed by atoms with E-state index in [0.717, 1.165) is 12.3 Å². The fraction of sp³-hybridized carbons (Fsp3) is 0.733. The standard InChI is InChI=1S/C15H24O/c1-11(2)6-5-7-12(3)13-8-9-15(4)14(10-13)16-15/h6-7,13-14H,5,8-10H2,1-4H3/b12-7-/t13-,14+,15-/m0/s1. The van der Waals surface area contributed by atoms with E-state index in [1.54, 1.807) is 5.57 Å². The first-order valence-corrected chi connectivity index (χ1v) is 6.49. The molecule has 90 valence electrons. The predicted molar refractivity (Wildman–Crippen MR) is 68.4 cm³/mol. The Balaban J connectivity index is 1.86. The molecule has 0 spiro atoms. The van der Waals surface area contributed by atoms with Crippen molar-refractivity contribution < 1.29 is 4.74 Å². The zero-order chi connectivity index (χ0) is 11.8. The normalized spacial score (nSPS) is 37.9. The molecule has 0 radical (unpaired) electrons. The van der Waals surface area contributed by atoms with Crippen LogP contribution in [0.4, 0.5) is 0 Å². The minimum Gasteiger partial charge on any atom is -0.366 e. The average Bonchev–Trinajstić information content (AvgIpc) is 2.87. The largest absolute Gasteiger partial charge is 0.366 e. The van der Waals surface area contributed by atoms with Gasteiger partial charge in [0.1, 0.15) is 0 Å². The Labute approximate surface area is 99.6 Å². The Hall–Kier alpha value is -0.560. The van der Waals surface area contributed by atoms with E-state index >= 15 is 0 Å². The molecule has 2 fully saturated rings. The number of fused-ring (bicyclic) bond motifs is 1. The van der Waals surface area contributed by atoms with E-state index in [-0.39, 0.29) is 5.60 Å². The van der Waals surface area contributed by atoms with Crippen molar-refractivity contribution in [1.82, 2.24) is 0 Å². The molecular formula is C15H24O. The van der Waals surface area contributed by atoms with Crippen molar-refractivity contribution in [2.45, 2.75) is 65.1 Å². The Morgan fingerprint density at radius 1 is 1.31 bits per heavy atom. The van der Waals surface area contributed by atoms with E-state index < -0.39 is 0 Å². The highest BCUT2D eigenvalue weighted by Gasteiger charge is 2.55. The summed E-state index contributed by atoms with van der Waals surface area (Å²) in [6.45, 7) is 8.87. The quantitative estimate of drug-likeness (QED) is 0.512. The van der Waals surface area contributed by atoms with Gasteiger partial charge in [0, 0.05) is 0 Å². The Bertz CT molecular complexity index is 322. The maximum absolute atomic E-state index is 5.75. The van der Waals surface area contributed by atoms with Gasteiger partial charge in [0.2, 0.25) is 0 Å². The van der Waals surface area contributed by atoms with Crippen molar-refractivity contribution in [3.8, 4) is 0 Å². The van der Waals surface area contributed by atoms with Gasteiger partial charge in [-0.3, -0.25) is 0 Å².